The molecule has 2 rings (SSSR count). The highest BCUT2D eigenvalue weighted by Gasteiger charge is 2.92. The number of carbonyl (C=O) groups is 2. The number of hydrogen-bond acceptors (Lipinski definition) is 2. The van der Waals surface area contributed by atoms with Crippen LogP contribution >= 0.6 is 22.6 Å². The standard InChI is InChI=1S/C15H10F13IO4/c16-10(17,6-2-1-3(7(6)29)5(9(32)33)4(2)8(30)31)11(18,19)12(20,21)13(22,23)14(24,25)15(26,27)28/h2-7H,1H2,(H,30,31)(H,32,33). The van der Waals surface area contributed by atoms with Gasteiger partial charge in [0.15, 0.2) is 0 Å². The topological polar surface area (TPSA) is 74.6 Å². The largest absolute Gasteiger partial charge is 0.481 e. The average molecular weight is 628 g/mol. The molecule has 0 aromatic carbocycles. The Labute approximate surface area is 187 Å². The van der Waals surface area contributed by atoms with Crippen LogP contribution in [0.5, 0.6) is 0 Å². The summed E-state index contributed by atoms with van der Waals surface area (Å²) < 4.78 is 173. The van der Waals surface area contributed by atoms with Gasteiger partial charge in [0.25, 0.3) is 0 Å². The van der Waals surface area contributed by atoms with Gasteiger partial charge in [0.1, 0.15) is 0 Å². The number of alkyl halides is 14. The molecule has 2 N–H and O–H groups in total. The van der Waals surface area contributed by atoms with Gasteiger partial charge in [-0.05, 0) is 18.3 Å². The van der Waals surface area contributed by atoms with Gasteiger partial charge < -0.3 is 10.2 Å². The molecule has 18 heteroatoms. The van der Waals surface area contributed by atoms with Crippen molar-refractivity contribution in [3.05, 3.63) is 0 Å². The molecular formula is C15H10F13IO4. The van der Waals surface area contributed by atoms with E-state index >= 15 is 0 Å². The van der Waals surface area contributed by atoms with Crippen molar-refractivity contribution in [3.8, 4) is 0 Å². The van der Waals surface area contributed by atoms with E-state index in [2.05, 4.69) is 0 Å². The lowest BCUT2D eigenvalue weighted by atomic mass is 9.69. The zero-order chi connectivity index (χ0) is 26.3. The Morgan fingerprint density at radius 2 is 1.00 bits per heavy atom. The molecule has 2 aliphatic carbocycles. The summed E-state index contributed by atoms with van der Waals surface area (Å²) in [6.45, 7) is 0. The highest BCUT2D eigenvalue weighted by atomic mass is 127. The van der Waals surface area contributed by atoms with Crippen molar-refractivity contribution >= 4 is 34.5 Å². The predicted octanol–water partition coefficient (Wildman–Crippen LogP) is 5.20. The Bertz CT molecular complexity index is 827. The third-order valence-corrected chi connectivity index (χ3v) is 7.71. The van der Waals surface area contributed by atoms with Crippen molar-refractivity contribution in [3.63, 3.8) is 0 Å². The fourth-order valence-electron chi connectivity index (χ4n) is 4.47. The summed E-state index contributed by atoms with van der Waals surface area (Å²) in [5.41, 5.74) is 0. The maximum Gasteiger partial charge on any atom is 0.460 e. The lowest BCUT2D eigenvalue weighted by Gasteiger charge is -2.45. The van der Waals surface area contributed by atoms with Gasteiger partial charge in [-0.25, -0.2) is 0 Å². The fourth-order valence-corrected chi connectivity index (χ4v) is 6.20. The molecule has 2 aliphatic rings. The Kier molecular flexibility index (Phi) is 6.47. The Morgan fingerprint density at radius 1 is 0.636 bits per heavy atom. The van der Waals surface area contributed by atoms with Crippen molar-refractivity contribution < 1.29 is 76.9 Å². The van der Waals surface area contributed by atoms with E-state index in [1.165, 1.54) is 0 Å². The molecule has 2 saturated carbocycles. The first-order valence-corrected chi connectivity index (χ1v) is 9.71. The molecule has 0 heterocycles. The van der Waals surface area contributed by atoms with E-state index < -0.39 is 87.7 Å². The molecule has 0 aromatic heterocycles. The number of hydrogen-bond donors (Lipinski definition) is 2. The van der Waals surface area contributed by atoms with E-state index in [0.29, 0.717) is 0 Å². The minimum atomic E-state index is -8.06. The van der Waals surface area contributed by atoms with Gasteiger partial charge in [0.05, 0.1) is 11.8 Å². The molecule has 0 aliphatic heterocycles. The number of carboxylic acids is 2. The lowest BCUT2D eigenvalue weighted by molar-refractivity contribution is -0.443. The number of rotatable bonds is 7. The first kappa shape index (κ1) is 28.0. The summed E-state index contributed by atoms with van der Waals surface area (Å²) in [7, 11) is 0. The van der Waals surface area contributed by atoms with Crippen molar-refractivity contribution in [2.45, 2.75) is 46.1 Å². The van der Waals surface area contributed by atoms with E-state index in [1.54, 1.807) is 0 Å². The third kappa shape index (κ3) is 3.46. The molecule has 0 spiro atoms. The summed E-state index contributed by atoms with van der Waals surface area (Å²) in [5.74, 6) is -53.4. The predicted molar refractivity (Wildman–Crippen MR) is 85.9 cm³/mol. The molecular weight excluding hydrogens is 618 g/mol. The van der Waals surface area contributed by atoms with Gasteiger partial charge in [-0.1, -0.05) is 22.6 Å². The van der Waals surface area contributed by atoms with E-state index in [4.69, 9.17) is 10.2 Å². The van der Waals surface area contributed by atoms with Gasteiger partial charge >= 0.3 is 47.7 Å². The second kappa shape index (κ2) is 7.63. The molecule has 4 nitrogen and oxygen atoms in total. The fraction of sp³-hybridized carbons (Fsp3) is 0.867. The average Bonchev–Trinajstić information content (AvgIpc) is 3.15. The third-order valence-electron chi connectivity index (χ3n) is 6.01. The molecule has 0 aromatic rings. The molecule has 6 atom stereocenters. The van der Waals surface area contributed by atoms with Crippen LogP contribution < -0.4 is 0 Å². The highest BCUT2D eigenvalue weighted by molar-refractivity contribution is 14.1. The Balaban J connectivity index is 2.59. The van der Waals surface area contributed by atoms with Crippen LogP contribution in [0.1, 0.15) is 6.42 Å². The van der Waals surface area contributed by atoms with E-state index in [9.17, 15) is 66.7 Å². The minimum absolute atomic E-state index is 0.863. The van der Waals surface area contributed by atoms with Crippen LogP contribution in [0.3, 0.4) is 0 Å². The summed E-state index contributed by atoms with van der Waals surface area (Å²) in [5, 5.41) is 18.2. The number of carboxylic acid groups (broad SMARTS) is 2. The number of aliphatic carboxylic acids is 2. The molecule has 0 radical (unpaired) electrons. The van der Waals surface area contributed by atoms with Crippen LogP contribution in [0.15, 0.2) is 0 Å². The van der Waals surface area contributed by atoms with Gasteiger partial charge in [0, 0.05) is 9.84 Å². The van der Waals surface area contributed by atoms with E-state index in [0.717, 1.165) is 22.6 Å². The van der Waals surface area contributed by atoms with Gasteiger partial charge in [-0.15, -0.1) is 0 Å². The monoisotopic (exact) mass is 628 g/mol. The minimum Gasteiger partial charge on any atom is -0.481 e. The van der Waals surface area contributed by atoms with E-state index in [-0.39, 0.29) is 0 Å². The zero-order valence-electron chi connectivity index (χ0n) is 15.2. The van der Waals surface area contributed by atoms with Gasteiger partial charge in [0.2, 0.25) is 0 Å². The van der Waals surface area contributed by atoms with Crippen LogP contribution in [-0.4, -0.2) is 61.9 Å². The summed E-state index contributed by atoms with van der Waals surface area (Å²) in [6, 6.07) is 0. The first-order valence-electron chi connectivity index (χ1n) is 8.46. The van der Waals surface area contributed by atoms with Crippen molar-refractivity contribution in [1.29, 1.82) is 0 Å². The SMILES string of the molecule is O=C(O)C1C2CC(C1C(=O)O)C(C(F)(F)C(F)(F)C(F)(F)C(F)(F)C(F)(F)C(F)(F)F)C2I. The normalized spacial score (nSPS) is 31.7. The van der Waals surface area contributed by atoms with Crippen LogP contribution in [0.25, 0.3) is 0 Å². The van der Waals surface area contributed by atoms with Crippen LogP contribution in [0.4, 0.5) is 57.1 Å². The van der Waals surface area contributed by atoms with Gasteiger partial charge in [-0.3, -0.25) is 9.59 Å². The summed E-state index contributed by atoms with van der Waals surface area (Å²) in [6.07, 6.45) is -8.40. The maximum absolute atomic E-state index is 14.7. The number of fused-ring (bicyclic) bond motifs is 2. The highest BCUT2D eigenvalue weighted by Crippen LogP contribution is 2.67. The second-order valence-electron chi connectivity index (χ2n) is 7.68. The Hall–Kier alpha value is -1.24. The molecule has 192 valence electrons. The Morgan fingerprint density at radius 3 is 1.36 bits per heavy atom. The quantitative estimate of drug-likeness (QED) is 0.231. The van der Waals surface area contributed by atoms with Crippen molar-refractivity contribution in [1.82, 2.24) is 0 Å². The second-order valence-corrected chi connectivity index (χ2v) is 9.12. The first-order chi connectivity index (χ1) is 14.4. The van der Waals surface area contributed by atoms with Gasteiger partial charge in [-0.2, -0.15) is 57.1 Å². The van der Waals surface area contributed by atoms with Crippen molar-refractivity contribution in [2.24, 2.45) is 29.6 Å². The van der Waals surface area contributed by atoms with Crippen molar-refractivity contribution in [2.75, 3.05) is 0 Å². The van der Waals surface area contributed by atoms with Crippen LogP contribution in [0, 0.1) is 29.6 Å². The van der Waals surface area contributed by atoms with Crippen LogP contribution in [-0.2, 0) is 9.59 Å². The molecule has 2 bridgehead atoms. The zero-order valence-corrected chi connectivity index (χ0v) is 17.3. The molecule has 6 unspecified atom stereocenters. The molecule has 0 saturated heterocycles. The smallest absolute Gasteiger partial charge is 0.460 e. The molecule has 33 heavy (non-hydrogen) atoms. The lowest BCUT2D eigenvalue weighted by Crippen LogP contribution is -2.72. The summed E-state index contributed by atoms with van der Waals surface area (Å²) in [4.78, 5) is 22.6. The van der Waals surface area contributed by atoms with E-state index in [1.807, 2.05) is 0 Å². The maximum atomic E-state index is 14.7. The number of halogens is 14. The molecule has 0 amide bonds. The molecule has 2 fully saturated rings. The summed E-state index contributed by atoms with van der Waals surface area (Å²) >= 11 is 0.882. The van der Waals surface area contributed by atoms with Crippen LogP contribution in [0.2, 0.25) is 0 Å².